The van der Waals surface area contributed by atoms with Crippen molar-refractivity contribution in [3.8, 4) is 0 Å². The van der Waals surface area contributed by atoms with Gasteiger partial charge < -0.3 is 15.4 Å². The van der Waals surface area contributed by atoms with Crippen molar-refractivity contribution in [2.45, 2.75) is 65.0 Å². The van der Waals surface area contributed by atoms with Crippen LogP contribution in [-0.2, 0) is 4.79 Å². The molecular weight excluding hydrogens is 414 g/mol. The fourth-order valence-corrected chi connectivity index (χ4v) is 3.29. The molecule has 0 saturated carbocycles. The van der Waals surface area contributed by atoms with Crippen LogP contribution in [0.5, 0.6) is 0 Å². The van der Waals surface area contributed by atoms with Gasteiger partial charge in [0.05, 0.1) is 22.6 Å². The maximum Gasteiger partial charge on any atom is 0.469 e. The molecule has 29 heavy (non-hydrogen) atoms. The minimum Gasteiger partial charge on any atom is -0.426 e. The lowest BCUT2D eigenvalue weighted by Gasteiger charge is -2.33. The predicted molar refractivity (Wildman–Crippen MR) is 119 cm³/mol. The zero-order valence-corrected chi connectivity index (χ0v) is 19.4. The summed E-state index contributed by atoms with van der Waals surface area (Å²) in [5.74, 6) is -0.928. The first-order chi connectivity index (χ1) is 13.2. The van der Waals surface area contributed by atoms with Gasteiger partial charge in [0, 0.05) is 16.5 Å². The maximum atomic E-state index is 12.9. The van der Waals surface area contributed by atoms with E-state index in [9.17, 15) is 19.6 Å². The zero-order chi connectivity index (χ0) is 22.6. The molecule has 1 atom stereocenters. The Balaban J connectivity index is 2.84. The first-order valence-corrected chi connectivity index (χ1v) is 10.3. The average molecular weight is 445 g/mol. The molecule has 1 rings (SSSR count). The fourth-order valence-electron chi connectivity index (χ4n) is 2.92. The minimum absolute atomic E-state index is 0.0904. The van der Waals surface area contributed by atoms with Gasteiger partial charge in [0.25, 0.3) is 0 Å². The van der Waals surface area contributed by atoms with Crippen molar-refractivity contribution < 1.29 is 19.6 Å². The summed E-state index contributed by atoms with van der Waals surface area (Å²) < 4.78 is 0. The van der Waals surface area contributed by atoms with E-state index in [-0.39, 0.29) is 34.6 Å². The summed E-state index contributed by atoms with van der Waals surface area (Å²) in [6.45, 7) is 10.5. The Morgan fingerprint density at radius 1 is 1.10 bits per heavy atom. The van der Waals surface area contributed by atoms with Gasteiger partial charge in [-0.1, -0.05) is 37.0 Å². The molecule has 162 valence electrons. The lowest BCUT2D eigenvalue weighted by atomic mass is 9.73. The van der Waals surface area contributed by atoms with Crippen molar-refractivity contribution in [3.63, 3.8) is 0 Å². The van der Waals surface area contributed by atoms with Gasteiger partial charge in [0.2, 0.25) is 0 Å². The molecular formula is C20H31BCl2N2O4. The highest BCUT2D eigenvalue weighted by molar-refractivity contribution is 6.43. The highest BCUT2D eigenvalue weighted by atomic mass is 35.5. The molecule has 9 heteroatoms. The van der Waals surface area contributed by atoms with Crippen LogP contribution >= 0.6 is 23.2 Å². The van der Waals surface area contributed by atoms with Gasteiger partial charge in [-0.3, -0.25) is 14.9 Å². The Bertz CT molecular complexity index is 739. The van der Waals surface area contributed by atoms with Crippen LogP contribution in [0.2, 0.25) is 10.0 Å². The van der Waals surface area contributed by atoms with Crippen molar-refractivity contribution in [2.24, 2.45) is 5.92 Å². The molecule has 0 bridgehead atoms. The van der Waals surface area contributed by atoms with Gasteiger partial charge in [-0.15, -0.1) is 0 Å². The molecule has 0 aliphatic heterocycles. The largest absolute Gasteiger partial charge is 0.469 e. The summed E-state index contributed by atoms with van der Waals surface area (Å²) in [4.78, 5) is 25.7. The fraction of sp³-hybridized carbons (Fsp3) is 0.600. The molecule has 0 heterocycles. The lowest BCUT2D eigenvalue weighted by molar-refractivity contribution is -0.123. The van der Waals surface area contributed by atoms with Crippen LogP contribution in [0.4, 0.5) is 0 Å². The van der Waals surface area contributed by atoms with Crippen molar-refractivity contribution in [1.82, 2.24) is 10.6 Å². The van der Waals surface area contributed by atoms with E-state index in [4.69, 9.17) is 23.2 Å². The van der Waals surface area contributed by atoms with E-state index in [2.05, 4.69) is 10.6 Å². The summed E-state index contributed by atoms with van der Waals surface area (Å²) in [6, 6.07) is 4.66. The predicted octanol–water partition coefficient (Wildman–Crippen LogP) is 2.91. The van der Waals surface area contributed by atoms with Crippen LogP contribution in [0.25, 0.3) is 0 Å². The average Bonchev–Trinajstić information content (AvgIpc) is 2.59. The van der Waals surface area contributed by atoms with Crippen molar-refractivity contribution in [2.75, 3.05) is 6.54 Å². The minimum atomic E-state index is -1.58. The summed E-state index contributed by atoms with van der Waals surface area (Å²) in [5.41, 5.74) is -1.81. The Hall–Kier alpha value is -0.955. The Labute approximate surface area is 183 Å². The third-order valence-electron chi connectivity index (χ3n) is 4.76. The van der Waals surface area contributed by atoms with Crippen molar-refractivity contribution >= 4 is 41.9 Å². The van der Waals surface area contributed by atoms with E-state index in [1.54, 1.807) is 39.8 Å². The second-order valence-electron chi connectivity index (χ2n) is 8.77. The number of Topliss-reactive ketones (excluding diaryl/α,β-unsaturated/α-hetero) is 2. The van der Waals surface area contributed by atoms with E-state index in [1.165, 1.54) is 6.07 Å². The molecule has 0 saturated heterocycles. The lowest BCUT2D eigenvalue weighted by Crippen LogP contribution is -2.60. The van der Waals surface area contributed by atoms with E-state index in [0.29, 0.717) is 11.4 Å². The summed E-state index contributed by atoms with van der Waals surface area (Å²) in [5, 5.41) is 25.9. The Morgan fingerprint density at radius 2 is 1.69 bits per heavy atom. The van der Waals surface area contributed by atoms with Crippen LogP contribution in [0.1, 0.15) is 58.3 Å². The smallest absolute Gasteiger partial charge is 0.426 e. The van der Waals surface area contributed by atoms with E-state index < -0.39 is 24.1 Å². The normalized spacial score (nSPS) is 13.5. The van der Waals surface area contributed by atoms with Gasteiger partial charge in [0.15, 0.2) is 11.6 Å². The van der Waals surface area contributed by atoms with Gasteiger partial charge in [0.1, 0.15) is 0 Å². The number of halogens is 2. The topological polar surface area (TPSA) is 98.7 Å². The molecule has 0 unspecified atom stereocenters. The summed E-state index contributed by atoms with van der Waals surface area (Å²) in [7, 11) is -1.58. The maximum absolute atomic E-state index is 12.9. The Morgan fingerprint density at radius 3 is 2.21 bits per heavy atom. The quantitative estimate of drug-likeness (QED) is 0.309. The van der Waals surface area contributed by atoms with Gasteiger partial charge in [-0.05, 0) is 58.2 Å². The first kappa shape index (κ1) is 26.1. The van der Waals surface area contributed by atoms with E-state index >= 15 is 0 Å². The molecule has 0 aliphatic carbocycles. The van der Waals surface area contributed by atoms with Crippen LogP contribution in [0.3, 0.4) is 0 Å². The number of rotatable bonds is 11. The summed E-state index contributed by atoms with van der Waals surface area (Å²) in [6.07, 6.45) is 0.499. The SMILES string of the molecule is CC(C)C[C@H](NC(C)(C)C(=O)CNC(C)(C)C(=O)c1cc(Cl)ccc1Cl)B(O)O. The number of hydrogen-bond donors (Lipinski definition) is 4. The zero-order valence-electron chi connectivity index (χ0n) is 17.8. The third kappa shape index (κ3) is 7.66. The number of benzene rings is 1. The van der Waals surface area contributed by atoms with Crippen LogP contribution in [-0.4, -0.2) is 52.3 Å². The van der Waals surface area contributed by atoms with Gasteiger partial charge in [-0.2, -0.15) is 0 Å². The van der Waals surface area contributed by atoms with E-state index in [1.807, 2.05) is 13.8 Å². The number of carbonyl (C=O) groups is 2. The van der Waals surface area contributed by atoms with Crippen LogP contribution < -0.4 is 10.6 Å². The summed E-state index contributed by atoms with van der Waals surface area (Å²) >= 11 is 12.1. The molecule has 4 N–H and O–H groups in total. The van der Waals surface area contributed by atoms with Crippen LogP contribution in [0.15, 0.2) is 18.2 Å². The van der Waals surface area contributed by atoms with Crippen molar-refractivity contribution in [1.29, 1.82) is 0 Å². The van der Waals surface area contributed by atoms with Gasteiger partial charge >= 0.3 is 7.12 Å². The molecule has 0 aromatic heterocycles. The molecule has 1 aromatic rings. The molecule has 0 fully saturated rings. The Kier molecular flexibility index (Phi) is 9.33. The first-order valence-electron chi connectivity index (χ1n) is 9.59. The number of ketones is 2. The van der Waals surface area contributed by atoms with E-state index in [0.717, 1.165) is 0 Å². The molecule has 0 aliphatic rings. The second-order valence-corrected chi connectivity index (χ2v) is 9.62. The van der Waals surface area contributed by atoms with Gasteiger partial charge in [-0.25, -0.2) is 0 Å². The molecule has 1 aromatic carbocycles. The molecule has 0 radical (unpaired) electrons. The van der Waals surface area contributed by atoms with Crippen LogP contribution in [0, 0.1) is 5.92 Å². The molecule has 0 amide bonds. The monoisotopic (exact) mass is 444 g/mol. The number of carbonyl (C=O) groups excluding carboxylic acids is 2. The standard InChI is InChI=1S/C20H31BCl2N2O4/c1-12(2)9-17(21(28)29)25-19(3,4)16(26)11-24-20(5,6)18(27)14-10-13(22)7-8-15(14)23/h7-8,10,12,17,24-25,28-29H,9,11H2,1-6H3/t17-/m0/s1. The molecule has 6 nitrogen and oxygen atoms in total. The second kappa shape index (κ2) is 10.4. The molecule has 0 spiro atoms. The number of hydrogen-bond acceptors (Lipinski definition) is 6. The third-order valence-corrected chi connectivity index (χ3v) is 5.32. The number of nitrogens with one attached hydrogen (secondary N) is 2. The van der Waals surface area contributed by atoms with Crippen molar-refractivity contribution in [3.05, 3.63) is 33.8 Å². The highest BCUT2D eigenvalue weighted by Gasteiger charge is 2.36. The highest BCUT2D eigenvalue weighted by Crippen LogP contribution is 2.25.